The molecule has 1 aliphatic rings. The van der Waals surface area contributed by atoms with E-state index in [2.05, 4.69) is 20.9 Å². The summed E-state index contributed by atoms with van der Waals surface area (Å²) in [4.78, 5) is 25.9. The van der Waals surface area contributed by atoms with Crippen molar-refractivity contribution in [1.82, 2.24) is 20.9 Å². The molecule has 1 aromatic rings. The number of hydrogen-bond donors (Lipinski definition) is 3. The monoisotopic (exact) mass is 368 g/mol. The minimum Gasteiger partial charge on any atom is -0.356 e. The predicted octanol–water partition coefficient (Wildman–Crippen LogP) is 0.886. The van der Waals surface area contributed by atoms with Crippen molar-refractivity contribution in [3.8, 4) is 0 Å². The van der Waals surface area contributed by atoms with Crippen molar-refractivity contribution >= 4 is 11.8 Å². The quantitative estimate of drug-likeness (QED) is 0.566. The van der Waals surface area contributed by atoms with Gasteiger partial charge in [-0.3, -0.25) is 9.59 Å². The zero-order valence-corrected chi connectivity index (χ0v) is 14.8. The van der Waals surface area contributed by atoms with Crippen LogP contribution in [-0.4, -0.2) is 62.5 Å². The number of hydrogen-bond acceptors (Lipinski definition) is 4. The van der Waals surface area contributed by atoms with Crippen LogP contribution in [0.1, 0.15) is 29.6 Å². The molecule has 6 nitrogen and oxygen atoms in total. The van der Waals surface area contributed by atoms with Crippen molar-refractivity contribution in [3.05, 3.63) is 35.4 Å². The normalized spacial score (nSPS) is 14.8. The summed E-state index contributed by atoms with van der Waals surface area (Å²) >= 11 is 0. The van der Waals surface area contributed by atoms with Crippen LogP contribution >= 0.6 is 0 Å². The van der Waals surface area contributed by atoms with Crippen LogP contribution in [0.3, 0.4) is 0 Å². The summed E-state index contributed by atoms with van der Waals surface area (Å²) in [6.07, 6.45) is 1.66. The maximum Gasteiger partial charge on any atom is 0.254 e. The average Bonchev–Trinajstić information content (AvgIpc) is 2.63. The van der Waals surface area contributed by atoms with Gasteiger partial charge in [0.05, 0.1) is 5.56 Å². The second-order valence-corrected chi connectivity index (χ2v) is 6.28. The molecule has 1 heterocycles. The van der Waals surface area contributed by atoms with E-state index < -0.39 is 17.5 Å². The molecule has 0 unspecified atom stereocenters. The fourth-order valence-corrected chi connectivity index (χ4v) is 2.77. The van der Waals surface area contributed by atoms with Gasteiger partial charge in [0, 0.05) is 51.8 Å². The second-order valence-electron chi connectivity index (χ2n) is 6.28. The minimum absolute atomic E-state index is 0.0625. The van der Waals surface area contributed by atoms with Gasteiger partial charge in [0.15, 0.2) is 0 Å². The van der Waals surface area contributed by atoms with E-state index in [9.17, 15) is 18.4 Å². The van der Waals surface area contributed by atoms with Crippen LogP contribution in [0.5, 0.6) is 0 Å². The third kappa shape index (κ3) is 7.05. The van der Waals surface area contributed by atoms with Gasteiger partial charge in [0.2, 0.25) is 5.91 Å². The number of amides is 2. The van der Waals surface area contributed by atoms with E-state index in [-0.39, 0.29) is 18.0 Å². The first-order valence-electron chi connectivity index (χ1n) is 8.99. The number of carbonyl (C=O) groups excluding carboxylic acids is 2. The standard InChI is InChI=1S/C18H26F2N4O2/c19-14-4-5-15(16(20)13-14)18(26)23-6-1-3-17(25)22-7-2-10-24-11-8-21-9-12-24/h4-5,13,21H,1-3,6-12H2,(H,22,25)(H,23,26). The molecule has 1 fully saturated rings. The topological polar surface area (TPSA) is 73.5 Å². The molecule has 1 saturated heterocycles. The van der Waals surface area contributed by atoms with Gasteiger partial charge >= 0.3 is 0 Å². The highest BCUT2D eigenvalue weighted by Crippen LogP contribution is 2.09. The molecule has 3 N–H and O–H groups in total. The summed E-state index contributed by atoms with van der Waals surface area (Å²) in [6.45, 7) is 5.98. The number of nitrogens with zero attached hydrogens (tertiary/aromatic N) is 1. The molecule has 0 saturated carbocycles. The van der Waals surface area contributed by atoms with E-state index in [0.29, 0.717) is 25.5 Å². The van der Waals surface area contributed by atoms with Crippen LogP contribution in [0.15, 0.2) is 18.2 Å². The maximum absolute atomic E-state index is 13.5. The lowest BCUT2D eigenvalue weighted by atomic mass is 10.2. The fraction of sp³-hybridized carbons (Fsp3) is 0.556. The molecule has 1 aromatic carbocycles. The highest BCUT2D eigenvalue weighted by atomic mass is 19.1. The largest absolute Gasteiger partial charge is 0.356 e. The van der Waals surface area contributed by atoms with Gasteiger partial charge in [-0.05, 0) is 31.5 Å². The molecular weight excluding hydrogens is 342 g/mol. The zero-order chi connectivity index (χ0) is 18.8. The Morgan fingerprint density at radius 2 is 1.81 bits per heavy atom. The summed E-state index contributed by atoms with van der Waals surface area (Å²) < 4.78 is 26.3. The van der Waals surface area contributed by atoms with Crippen molar-refractivity contribution in [1.29, 1.82) is 0 Å². The molecule has 1 aliphatic heterocycles. The number of benzene rings is 1. The van der Waals surface area contributed by atoms with Gasteiger partial charge in [-0.15, -0.1) is 0 Å². The van der Waals surface area contributed by atoms with Gasteiger partial charge in [0.1, 0.15) is 11.6 Å². The van der Waals surface area contributed by atoms with E-state index in [0.717, 1.165) is 51.3 Å². The Morgan fingerprint density at radius 3 is 2.54 bits per heavy atom. The Kier molecular flexibility index (Phi) is 8.43. The molecule has 0 bridgehead atoms. The van der Waals surface area contributed by atoms with E-state index in [1.165, 1.54) is 0 Å². The molecule has 8 heteroatoms. The van der Waals surface area contributed by atoms with Crippen LogP contribution in [0.4, 0.5) is 8.78 Å². The molecule has 0 aromatic heterocycles. The molecule has 0 radical (unpaired) electrons. The maximum atomic E-state index is 13.5. The summed E-state index contributed by atoms with van der Waals surface area (Å²) in [7, 11) is 0. The Morgan fingerprint density at radius 1 is 1.08 bits per heavy atom. The first-order valence-corrected chi connectivity index (χ1v) is 8.99. The van der Waals surface area contributed by atoms with Gasteiger partial charge in [-0.25, -0.2) is 8.78 Å². The van der Waals surface area contributed by atoms with Gasteiger partial charge in [0.25, 0.3) is 5.91 Å². The average molecular weight is 368 g/mol. The van der Waals surface area contributed by atoms with Gasteiger partial charge in [-0.1, -0.05) is 0 Å². The zero-order valence-electron chi connectivity index (χ0n) is 14.8. The number of piperazine rings is 1. The van der Waals surface area contributed by atoms with E-state index in [4.69, 9.17) is 0 Å². The van der Waals surface area contributed by atoms with E-state index >= 15 is 0 Å². The third-order valence-corrected chi connectivity index (χ3v) is 4.22. The number of halogens is 2. The van der Waals surface area contributed by atoms with Crippen molar-refractivity contribution in [3.63, 3.8) is 0 Å². The Labute approximate surface area is 152 Å². The second kappa shape index (κ2) is 10.8. The number of rotatable bonds is 9. The van der Waals surface area contributed by atoms with Crippen molar-refractivity contribution in [2.45, 2.75) is 19.3 Å². The predicted molar refractivity (Wildman–Crippen MR) is 94.9 cm³/mol. The minimum atomic E-state index is -0.898. The van der Waals surface area contributed by atoms with Crippen LogP contribution in [0, 0.1) is 11.6 Å². The van der Waals surface area contributed by atoms with Crippen molar-refractivity contribution in [2.75, 3.05) is 45.8 Å². The van der Waals surface area contributed by atoms with Gasteiger partial charge < -0.3 is 20.9 Å². The molecule has 0 aliphatic carbocycles. The molecular formula is C18H26F2N4O2. The number of carbonyl (C=O) groups is 2. The Bertz CT molecular complexity index is 607. The van der Waals surface area contributed by atoms with Crippen LogP contribution in [-0.2, 0) is 4.79 Å². The number of nitrogens with one attached hydrogen (secondary N) is 3. The lowest BCUT2D eigenvalue weighted by molar-refractivity contribution is -0.121. The fourth-order valence-electron chi connectivity index (χ4n) is 2.77. The van der Waals surface area contributed by atoms with Crippen LogP contribution in [0.2, 0.25) is 0 Å². The van der Waals surface area contributed by atoms with E-state index in [1.807, 2.05) is 0 Å². The van der Waals surface area contributed by atoms with E-state index in [1.54, 1.807) is 0 Å². The molecule has 144 valence electrons. The summed E-state index contributed by atoms with van der Waals surface area (Å²) in [6, 6.07) is 2.81. The van der Waals surface area contributed by atoms with Crippen molar-refractivity contribution in [2.24, 2.45) is 0 Å². The molecule has 2 rings (SSSR count). The highest BCUT2D eigenvalue weighted by molar-refractivity contribution is 5.94. The molecule has 0 atom stereocenters. The first kappa shape index (κ1) is 20.3. The molecule has 26 heavy (non-hydrogen) atoms. The van der Waals surface area contributed by atoms with Crippen LogP contribution < -0.4 is 16.0 Å². The molecule has 2 amide bonds. The van der Waals surface area contributed by atoms with Crippen LogP contribution in [0.25, 0.3) is 0 Å². The smallest absolute Gasteiger partial charge is 0.254 e. The summed E-state index contributed by atoms with van der Waals surface area (Å²) in [5, 5.41) is 8.69. The summed E-state index contributed by atoms with van der Waals surface area (Å²) in [5.74, 6) is -2.30. The Hall–Kier alpha value is -2.06. The first-order chi connectivity index (χ1) is 12.6. The lowest BCUT2D eigenvalue weighted by Crippen LogP contribution is -2.44. The summed E-state index contributed by atoms with van der Waals surface area (Å²) in [5.41, 5.74) is -0.205. The SMILES string of the molecule is O=C(CCCNC(=O)c1ccc(F)cc1F)NCCCN1CCNCC1. The highest BCUT2D eigenvalue weighted by Gasteiger charge is 2.12. The lowest BCUT2D eigenvalue weighted by Gasteiger charge is -2.27. The third-order valence-electron chi connectivity index (χ3n) is 4.22. The van der Waals surface area contributed by atoms with Gasteiger partial charge in [-0.2, -0.15) is 0 Å². The Balaban J connectivity index is 1.53. The molecule has 0 spiro atoms. The van der Waals surface area contributed by atoms with Crippen molar-refractivity contribution < 1.29 is 18.4 Å².